The van der Waals surface area contributed by atoms with Gasteiger partial charge in [0, 0.05) is 11.0 Å². The van der Waals surface area contributed by atoms with Crippen LogP contribution in [-0.2, 0) is 13.2 Å². The zero-order chi connectivity index (χ0) is 13.8. The summed E-state index contributed by atoms with van der Waals surface area (Å²) in [7, 11) is 1.72. The fourth-order valence-corrected chi connectivity index (χ4v) is 3.00. The Morgan fingerprint density at radius 2 is 2.00 bits per heavy atom. The van der Waals surface area contributed by atoms with E-state index in [0.29, 0.717) is 12.1 Å². The van der Waals surface area contributed by atoms with Gasteiger partial charge >= 0.3 is 0 Å². The number of rotatable bonds is 5. The minimum atomic E-state index is -0.682. The molecule has 0 spiro atoms. The number of ether oxygens (including phenoxy) is 1. The summed E-state index contributed by atoms with van der Waals surface area (Å²) in [5.41, 5.74) is 0.544. The predicted octanol–water partition coefficient (Wildman–Crippen LogP) is 4.09. The maximum Gasteiger partial charge on any atom is 0.191 e. The third-order valence-corrected chi connectivity index (χ3v) is 4.38. The molecule has 0 atom stereocenters. The average Bonchev–Trinajstić information content (AvgIpc) is 2.74. The van der Waals surface area contributed by atoms with Crippen molar-refractivity contribution in [2.75, 3.05) is 7.05 Å². The van der Waals surface area contributed by atoms with Crippen molar-refractivity contribution < 1.29 is 13.5 Å². The van der Waals surface area contributed by atoms with E-state index in [1.165, 1.54) is 23.5 Å². The maximum atomic E-state index is 13.8. The van der Waals surface area contributed by atoms with Gasteiger partial charge in [-0.3, -0.25) is 0 Å². The maximum absolute atomic E-state index is 13.8. The molecule has 0 aliphatic rings. The van der Waals surface area contributed by atoms with Gasteiger partial charge in [0.1, 0.15) is 6.61 Å². The Balaban J connectivity index is 2.14. The van der Waals surface area contributed by atoms with Crippen molar-refractivity contribution in [2.24, 2.45) is 0 Å². The van der Waals surface area contributed by atoms with Crippen LogP contribution in [-0.4, -0.2) is 7.05 Å². The van der Waals surface area contributed by atoms with E-state index in [1.54, 1.807) is 7.05 Å². The number of thiophene rings is 1. The van der Waals surface area contributed by atoms with Gasteiger partial charge in [0.15, 0.2) is 17.4 Å². The Bertz CT molecular complexity index is 551. The van der Waals surface area contributed by atoms with Crippen LogP contribution < -0.4 is 10.1 Å². The van der Waals surface area contributed by atoms with Gasteiger partial charge in [0.05, 0.1) is 4.88 Å². The minimum absolute atomic E-state index is 0.136. The van der Waals surface area contributed by atoms with Crippen molar-refractivity contribution in [3.05, 3.63) is 50.1 Å². The molecule has 6 heteroatoms. The number of halogens is 3. The lowest BCUT2D eigenvalue weighted by Crippen LogP contribution is -2.07. The summed E-state index contributed by atoms with van der Waals surface area (Å²) >= 11 is 4.81. The molecule has 2 nitrogen and oxygen atoms in total. The molecule has 0 radical (unpaired) electrons. The number of hydrogen-bond acceptors (Lipinski definition) is 3. The smallest absolute Gasteiger partial charge is 0.191 e. The molecule has 0 aliphatic heterocycles. The summed E-state index contributed by atoms with van der Waals surface area (Å²) in [5, 5.41) is 4.72. The topological polar surface area (TPSA) is 21.3 Å². The molecule has 1 aromatic carbocycles. The molecule has 1 heterocycles. The second kappa shape index (κ2) is 6.45. The van der Waals surface area contributed by atoms with Crippen LogP contribution in [0.5, 0.6) is 5.75 Å². The van der Waals surface area contributed by atoms with Gasteiger partial charge in [-0.25, -0.2) is 8.78 Å². The molecular formula is C13H12BrF2NOS. The molecule has 0 amide bonds. The molecule has 0 saturated heterocycles. The van der Waals surface area contributed by atoms with Gasteiger partial charge in [-0.15, -0.1) is 11.3 Å². The quantitative estimate of drug-likeness (QED) is 0.879. The van der Waals surface area contributed by atoms with Crippen LogP contribution in [0.4, 0.5) is 8.78 Å². The zero-order valence-corrected chi connectivity index (χ0v) is 12.6. The summed E-state index contributed by atoms with van der Waals surface area (Å²) in [6, 6.07) is 4.42. The average molecular weight is 348 g/mol. The Labute approximate surface area is 122 Å². The molecule has 2 rings (SSSR count). The highest BCUT2D eigenvalue weighted by Crippen LogP contribution is 2.27. The van der Waals surface area contributed by atoms with E-state index in [9.17, 15) is 8.78 Å². The van der Waals surface area contributed by atoms with Crippen LogP contribution in [0.25, 0.3) is 0 Å². The first-order chi connectivity index (χ1) is 9.11. The van der Waals surface area contributed by atoms with Crippen LogP contribution in [0, 0.1) is 11.6 Å². The number of hydrogen-bond donors (Lipinski definition) is 1. The van der Waals surface area contributed by atoms with Crippen molar-refractivity contribution in [1.82, 2.24) is 5.32 Å². The molecule has 102 valence electrons. The van der Waals surface area contributed by atoms with Gasteiger partial charge in [-0.1, -0.05) is 0 Å². The van der Waals surface area contributed by atoms with Gasteiger partial charge < -0.3 is 10.1 Å². The highest BCUT2D eigenvalue weighted by atomic mass is 79.9. The first-order valence-electron chi connectivity index (χ1n) is 5.59. The number of benzene rings is 1. The Morgan fingerprint density at radius 1 is 1.32 bits per heavy atom. The Kier molecular flexibility index (Phi) is 4.90. The third-order valence-electron chi connectivity index (χ3n) is 2.48. The zero-order valence-electron chi connectivity index (χ0n) is 10.2. The highest BCUT2D eigenvalue weighted by Gasteiger charge is 2.13. The molecule has 19 heavy (non-hydrogen) atoms. The van der Waals surface area contributed by atoms with E-state index in [4.69, 9.17) is 4.74 Å². The summed E-state index contributed by atoms with van der Waals surface area (Å²) in [5.74, 6) is -1.70. The van der Waals surface area contributed by atoms with Crippen molar-refractivity contribution in [2.45, 2.75) is 13.2 Å². The van der Waals surface area contributed by atoms with E-state index in [1.807, 2.05) is 11.4 Å². The lowest BCUT2D eigenvalue weighted by Gasteiger charge is -2.09. The van der Waals surface area contributed by atoms with E-state index >= 15 is 0 Å². The van der Waals surface area contributed by atoms with Crippen LogP contribution in [0.15, 0.2) is 28.1 Å². The normalized spacial score (nSPS) is 10.7. The van der Waals surface area contributed by atoms with E-state index in [-0.39, 0.29) is 12.4 Å². The molecule has 0 fully saturated rings. The molecular weight excluding hydrogens is 336 g/mol. The monoisotopic (exact) mass is 347 g/mol. The summed E-state index contributed by atoms with van der Waals surface area (Å²) < 4.78 is 33.6. The second-order valence-corrected chi connectivity index (χ2v) is 5.75. The molecule has 1 aromatic heterocycles. The van der Waals surface area contributed by atoms with Gasteiger partial charge in [0.2, 0.25) is 0 Å². The molecule has 0 bridgehead atoms. The highest BCUT2D eigenvalue weighted by molar-refractivity contribution is 9.10. The second-order valence-electron chi connectivity index (χ2n) is 3.90. The molecule has 2 aromatic rings. The fraction of sp³-hybridized carbons (Fsp3) is 0.231. The summed E-state index contributed by atoms with van der Waals surface area (Å²) in [6.07, 6.45) is 0. The summed E-state index contributed by atoms with van der Waals surface area (Å²) in [4.78, 5) is 0.887. The standard InChI is InChI=1S/C13H12BrF2NOS/c1-17-6-8-4-10(15)13(11(16)5-8)18-7-12-9(14)2-3-19-12/h2-5,17H,6-7H2,1H3. The van der Waals surface area contributed by atoms with Crippen LogP contribution in [0.1, 0.15) is 10.4 Å². The van der Waals surface area contributed by atoms with Gasteiger partial charge in [-0.05, 0) is 52.1 Å². The molecule has 1 N–H and O–H groups in total. The van der Waals surface area contributed by atoms with Gasteiger partial charge in [-0.2, -0.15) is 0 Å². The number of nitrogens with one attached hydrogen (secondary N) is 1. The van der Waals surface area contributed by atoms with E-state index in [2.05, 4.69) is 21.2 Å². The van der Waals surface area contributed by atoms with Crippen molar-refractivity contribution in [3.63, 3.8) is 0 Å². The van der Waals surface area contributed by atoms with E-state index in [0.717, 1.165) is 9.35 Å². The molecule has 0 unspecified atom stereocenters. The lowest BCUT2D eigenvalue weighted by atomic mass is 10.2. The SMILES string of the molecule is CNCc1cc(F)c(OCc2sccc2Br)c(F)c1. The summed E-state index contributed by atoms with van der Waals surface area (Å²) in [6.45, 7) is 0.544. The predicted molar refractivity (Wildman–Crippen MR) is 75.5 cm³/mol. The van der Waals surface area contributed by atoms with Crippen molar-refractivity contribution >= 4 is 27.3 Å². The lowest BCUT2D eigenvalue weighted by molar-refractivity contribution is 0.276. The Morgan fingerprint density at radius 3 is 2.53 bits per heavy atom. The Hall–Kier alpha value is -0.980. The third kappa shape index (κ3) is 3.52. The van der Waals surface area contributed by atoms with E-state index < -0.39 is 11.6 Å². The van der Waals surface area contributed by atoms with Crippen LogP contribution in [0.2, 0.25) is 0 Å². The van der Waals surface area contributed by atoms with Crippen LogP contribution >= 0.6 is 27.3 Å². The largest absolute Gasteiger partial charge is 0.482 e. The molecule has 0 aliphatic carbocycles. The minimum Gasteiger partial charge on any atom is -0.482 e. The fourth-order valence-electron chi connectivity index (χ4n) is 1.62. The van der Waals surface area contributed by atoms with Crippen molar-refractivity contribution in [3.8, 4) is 5.75 Å². The van der Waals surface area contributed by atoms with Gasteiger partial charge in [0.25, 0.3) is 0 Å². The molecule has 0 saturated carbocycles. The first-order valence-corrected chi connectivity index (χ1v) is 7.26. The van der Waals surface area contributed by atoms with Crippen molar-refractivity contribution in [1.29, 1.82) is 0 Å². The van der Waals surface area contributed by atoms with Crippen LogP contribution in [0.3, 0.4) is 0 Å². The first kappa shape index (κ1) is 14.4.